The van der Waals surface area contributed by atoms with Crippen LogP contribution >= 0.6 is 11.6 Å². The maximum absolute atomic E-state index is 11.5. The largest absolute Gasteiger partial charge is 0.444 e. The van der Waals surface area contributed by atoms with E-state index in [4.69, 9.17) is 16.3 Å². The summed E-state index contributed by atoms with van der Waals surface area (Å²) in [4.78, 5) is 20.2. The number of carbonyl (C=O) groups is 1. The van der Waals surface area contributed by atoms with Gasteiger partial charge in [0.05, 0.1) is 0 Å². The Morgan fingerprint density at radius 1 is 1.27 bits per heavy atom. The van der Waals surface area contributed by atoms with Gasteiger partial charge in [-0.05, 0) is 27.7 Å². The number of alkyl carbamates (subject to hydrolysis) is 1. The Hall–Kier alpha value is -1.56. The summed E-state index contributed by atoms with van der Waals surface area (Å²) in [5.41, 5.74) is 0.295. The van der Waals surface area contributed by atoms with E-state index in [9.17, 15) is 4.79 Å². The quantitative estimate of drug-likeness (QED) is 0.639. The third kappa shape index (κ3) is 6.05. The standard InChI is InChI=1S/C15H25ClN4O2/c1-9(2)12-19-11(16)10(3)13(20-12)17-7-8-18-14(21)22-15(4,5)6/h9H,7-8H2,1-6H3,(H,18,21)(H,17,19,20). The van der Waals surface area contributed by atoms with Gasteiger partial charge in [-0.15, -0.1) is 0 Å². The van der Waals surface area contributed by atoms with Gasteiger partial charge in [0.15, 0.2) is 0 Å². The van der Waals surface area contributed by atoms with Crippen LogP contribution in [0.1, 0.15) is 51.9 Å². The van der Waals surface area contributed by atoms with Crippen molar-refractivity contribution in [2.45, 2.75) is 53.1 Å². The van der Waals surface area contributed by atoms with Crippen LogP contribution in [0.25, 0.3) is 0 Å². The van der Waals surface area contributed by atoms with Gasteiger partial charge >= 0.3 is 6.09 Å². The van der Waals surface area contributed by atoms with Crippen molar-refractivity contribution in [3.05, 3.63) is 16.5 Å². The molecule has 1 heterocycles. The van der Waals surface area contributed by atoms with Crippen LogP contribution in [0.15, 0.2) is 0 Å². The van der Waals surface area contributed by atoms with Crippen molar-refractivity contribution < 1.29 is 9.53 Å². The normalized spacial score (nSPS) is 11.5. The van der Waals surface area contributed by atoms with Crippen LogP contribution in [-0.4, -0.2) is 34.8 Å². The summed E-state index contributed by atoms with van der Waals surface area (Å²) in [5, 5.41) is 6.29. The maximum Gasteiger partial charge on any atom is 0.407 e. The highest BCUT2D eigenvalue weighted by molar-refractivity contribution is 6.30. The van der Waals surface area contributed by atoms with E-state index >= 15 is 0 Å². The van der Waals surface area contributed by atoms with Crippen molar-refractivity contribution in [2.75, 3.05) is 18.4 Å². The summed E-state index contributed by atoms with van der Waals surface area (Å²) < 4.78 is 5.16. The topological polar surface area (TPSA) is 76.1 Å². The van der Waals surface area contributed by atoms with Crippen LogP contribution in [0.4, 0.5) is 10.6 Å². The minimum atomic E-state index is -0.500. The molecule has 0 radical (unpaired) electrons. The van der Waals surface area contributed by atoms with Crippen LogP contribution in [0.3, 0.4) is 0 Å². The molecule has 0 fully saturated rings. The second-order valence-electron chi connectivity index (χ2n) is 6.36. The zero-order valence-corrected chi connectivity index (χ0v) is 14.8. The summed E-state index contributed by atoms with van der Waals surface area (Å²) in [6.45, 7) is 12.3. The molecule has 22 heavy (non-hydrogen) atoms. The van der Waals surface area contributed by atoms with E-state index in [1.165, 1.54) is 0 Å². The molecule has 1 rings (SSSR count). The van der Waals surface area contributed by atoms with E-state index < -0.39 is 11.7 Å². The van der Waals surface area contributed by atoms with Gasteiger partial charge in [-0.1, -0.05) is 25.4 Å². The Labute approximate surface area is 137 Å². The van der Waals surface area contributed by atoms with E-state index in [0.717, 1.165) is 5.56 Å². The lowest BCUT2D eigenvalue weighted by atomic mass is 10.2. The highest BCUT2D eigenvalue weighted by Gasteiger charge is 2.15. The molecule has 0 saturated heterocycles. The molecule has 0 unspecified atom stereocenters. The van der Waals surface area contributed by atoms with E-state index in [1.807, 2.05) is 41.5 Å². The summed E-state index contributed by atoms with van der Waals surface area (Å²) in [6, 6.07) is 0. The molecule has 0 bridgehead atoms. The highest BCUT2D eigenvalue weighted by Crippen LogP contribution is 2.22. The number of carbonyl (C=O) groups excluding carboxylic acids is 1. The van der Waals surface area contributed by atoms with Crippen molar-refractivity contribution >= 4 is 23.5 Å². The molecular formula is C15H25ClN4O2. The Kier molecular flexibility index (Phi) is 6.41. The number of aromatic nitrogens is 2. The molecule has 0 aromatic carbocycles. The van der Waals surface area contributed by atoms with Gasteiger partial charge in [0, 0.05) is 24.6 Å². The van der Waals surface area contributed by atoms with Crippen LogP contribution in [-0.2, 0) is 4.74 Å². The van der Waals surface area contributed by atoms with Gasteiger partial charge in [-0.3, -0.25) is 0 Å². The molecule has 0 saturated carbocycles. The molecule has 0 aliphatic rings. The molecular weight excluding hydrogens is 304 g/mol. The molecule has 1 aromatic rings. The molecule has 0 spiro atoms. The SMILES string of the molecule is Cc1c(Cl)nc(C(C)C)nc1NCCNC(=O)OC(C)(C)C. The fraction of sp³-hybridized carbons (Fsp3) is 0.667. The third-order valence-corrected chi connectivity index (χ3v) is 3.07. The lowest BCUT2D eigenvalue weighted by Crippen LogP contribution is -2.35. The van der Waals surface area contributed by atoms with Gasteiger partial charge in [0.1, 0.15) is 22.4 Å². The van der Waals surface area contributed by atoms with Crippen molar-refractivity contribution in [1.29, 1.82) is 0 Å². The van der Waals surface area contributed by atoms with Gasteiger partial charge in [0.2, 0.25) is 0 Å². The fourth-order valence-electron chi connectivity index (χ4n) is 1.60. The summed E-state index contributed by atoms with van der Waals surface area (Å²) in [7, 11) is 0. The molecule has 6 nitrogen and oxygen atoms in total. The molecule has 2 N–H and O–H groups in total. The first-order chi connectivity index (χ1) is 10.1. The zero-order valence-electron chi connectivity index (χ0n) is 14.1. The van der Waals surface area contributed by atoms with Crippen molar-refractivity contribution in [3.8, 4) is 0 Å². The van der Waals surface area contributed by atoms with Gasteiger partial charge < -0.3 is 15.4 Å². The number of hydrogen-bond donors (Lipinski definition) is 2. The Morgan fingerprint density at radius 3 is 2.45 bits per heavy atom. The first-order valence-corrected chi connectivity index (χ1v) is 7.72. The lowest BCUT2D eigenvalue weighted by molar-refractivity contribution is 0.0530. The van der Waals surface area contributed by atoms with Crippen LogP contribution in [0.5, 0.6) is 0 Å². The Balaban J connectivity index is 2.53. The molecule has 0 aliphatic carbocycles. The van der Waals surface area contributed by atoms with Gasteiger partial charge in [-0.2, -0.15) is 0 Å². The van der Waals surface area contributed by atoms with Crippen LogP contribution < -0.4 is 10.6 Å². The molecule has 1 amide bonds. The third-order valence-electron chi connectivity index (χ3n) is 2.71. The van der Waals surface area contributed by atoms with E-state index in [2.05, 4.69) is 20.6 Å². The molecule has 124 valence electrons. The minimum Gasteiger partial charge on any atom is -0.444 e. The van der Waals surface area contributed by atoms with E-state index in [0.29, 0.717) is 29.9 Å². The Bertz CT molecular complexity index is 527. The number of rotatable bonds is 5. The predicted molar refractivity (Wildman–Crippen MR) is 88.6 cm³/mol. The van der Waals surface area contributed by atoms with Crippen molar-refractivity contribution in [2.24, 2.45) is 0 Å². The number of nitrogens with zero attached hydrogens (tertiary/aromatic N) is 2. The first kappa shape index (κ1) is 18.5. The summed E-state index contributed by atoms with van der Waals surface area (Å²) >= 11 is 6.12. The van der Waals surface area contributed by atoms with Gasteiger partial charge in [-0.25, -0.2) is 14.8 Å². The number of halogens is 1. The lowest BCUT2D eigenvalue weighted by Gasteiger charge is -2.19. The molecule has 0 atom stereocenters. The first-order valence-electron chi connectivity index (χ1n) is 7.35. The minimum absolute atomic E-state index is 0.193. The summed E-state index contributed by atoms with van der Waals surface area (Å²) in [6.07, 6.45) is -0.436. The van der Waals surface area contributed by atoms with Crippen LogP contribution in [0.2, 0.25) is 5.15 Å². The number of hydrogen-bond acceptors (Lipinski definition) is 5. The fourth-order valence-corrected chi connectivity index (χ4v) is 1.77. The maximum atomic E-state index is 11.5. The molecule has 7 heteroatoms. The zero-order chi connectivity index (χ0) is 16.9. The molecule has 1 aromatic heterocycles. The van der Waals surface area contributed by atoms with Crippen LogP contribution in [0, 0.1) is 6.92 Å². The summed E-state index contributed by atoms with van der Waals surface area (Å²) in [5.74, 6) is 1.58. The monoisotopic (exact) mass is 328 g/mol. The van der Waals surface area contributed by atoms with E-state index in [1.54, 1.807) is 0 Å². The smallest absolute Gasteiger partial charge is 0.407 e. The second kappa shape index (κ2) is 7.63. The Morgan fingerprint density at radius 2 is 1.91 bits per heavy atom. The van der Waals surface area contributed by atoms with E-state index in [-0.39, 0.29) is 5.92 Å². The van der Waals surface area contributed by atoms with Crippen molar-refractivity contribution in [1.82, 2.24) is 15.3 Å². The number of anilines is 1. The van der Waals surface area contributed by atoms with Crippen molar-refractivity contribution in [3.63, 3.8) is 0 Å². The molecule has 0 aliphatic heterocycles. The average molecular weight is 329 g/mol. The number of nitrogens with one attached hydrogen (secondary N) is 2. The number of ether oxygens (including phenoxy) is 1. The highest BCUT2D eigenvalue weighted by atomic mass is 35.5. The predicted octanol–water partition coefficient (Wildman–Crippen LogP) is 3.50. The van der Waals surface area contributed by atoms with Gasteiger partial charge in [0.25, 0.3) is 0 Å². The number of amides is 1. The average Bonchev–Trinajstić information content (AvgIpc) is 2.36. The second-order valence-corrected chi connectivity index (χ2v) is 6.71.